The summed E-state index contributed by atoms with van der Waals surface area (Å²) < 4.78 is 1.22. The minimum atomic E-state index is 0.716. The highest BCUT2D eigenvalue weighted by Crippen LogP contribution is 2.36. The summed E-state index contributed by atoms with van der Waals surface area (Å²) in [6, 6.07) is 7.47. The summed E-state index contributed by atoms with van der Waals surface area (Å²) >= 11 is 3.72. The third-order valence-corrected chi connectivity index (χ3v) is 4.13. The molecule has 1 aromatic rings. The Balaban J connectivity index is 2.13. The first kappa shape index (κ1) is 13.9. The van der Waals surface area contributed by atoms with Gasteiger partial charge in [0.1, 0.15) is 0 Å². The third kappa shape index (κ3) is 3.48. The molecular weight excluding hydrogens is 288 g/mol. The number of nitrogens with two attached hydrogens (primary N) is 1. The van der Waals surface area contributed by atoms with E-state index < -0.39 is 0 Å². The van der Waals surface area contributed by atoms with Crippen molar-refractivity contribution in [2.75, 3.05) is 18.0 Å². The van der Waals surface area contributed by atoms with E-state index in [2.05, 4.69) is 46.0 Å². The molecule has 0 radical (unpaired) electrons. The zero-order chi connectivity index (χ0) is 13.0. The molecule has 2 nitrogen and oxygen atoms in total. The van der Waals surface area contributed by atoms with E-state index in [1.165, 1.54) is 48.0 Å². The highest BCUT2D eigenvalue weighted by molar-refractivity contribution is 9.10. The van der Waals surface area contributed by atoms with E-state index in [-0.39, 0.29) is 0 Å². The fourth-order valence-corrected chi connectivity index (χ4v) is 2.97. The van der Waals surface area contributed by atoms with Crippen molar-refractivity contribution in [3.8, 4) is 0 Å². The molecule has 1 aromatic carbocycles. The van der Waals surface area contributed by atoms with E-state index in [0.717, 1.165) is 12.5 Å². The van der Waals surface area contributed by atoms with E-state index in [4.69, 9.17) is 5.73 Å². The number of anilines is 1. The molecule has 1 fully saturated rings. The molecule has 0 atom stereocenters. The van der Waals surface area contributed by atoms with Gasteiger partial charge in [0.05, 0.1) is 5.69 Å². The van der Waals surface area contributed by atoms with Crippen LogP contribution in [0.5, 0.6) is 0 Å². The molecule has 1 aliphatic rings. The van der Waals surface area contributed by atoms with Crippen LogP contribution in [0.2, 0.25) is 0 Å². The van der Waals surface area contributed by atoms with Crippen LogP contribution in [0.4, 0.5) is 5.69 Å². The molecule has 1 saturated carbocycles. The fraction of sp³-hybridized carbons (Fsp3) is 0.600. The number of hydrogen-bond acceptors (Lipinski definition) is 2. The number of halogens is 1. The molecule has 0 aliphatic heterocycles. The second-order valence-electron chi connectivity index (χ2n) is 5.10. The second kappa shape index (κ2) is 6.58. The molecular formula is C15H23BrN2. The maximum absolute atomic E-state index is 5.61. The molecule has 0 saturated heterocycles. The third-order valence-electron chi connectivity index (χ3n) is 3.49. The van der Waals surface area contributed by atoms with Gasteiger partial charge in [0.25, 0.3) is 0 Å². The van der Waals surface area contributed by atoms with E-state index in [1.54, 1.807) is 0 Å². The Kier molecular flexibility index (Phi) is 5.07. The molecule has 0 aromatic heterocycles. The van der Waals surface area contributed by atoms with Crippen LogP contribution >= 0.6 is 15.9 Å². The Morgan fingerprint density at radius 2 is 2.17 bits per heavy atom. The van der Waals surface area contributed by atoms with Crippen molar-refractivity contribution in [2.24, 2.45) is 5.73 Å². The number of hydrogen-bond donors (Lipinski definition) is 1. The van der Waals surface area contributed by atoms with Crippen molar-refractivity contribution in [1.29, 1.82) is 0 Å². The molecule has 18 heavy (non-hydrogen) atoms. The fourth-order valence-electron chi connectivity index (χ4n) is 2.32. The molecule has 1 aliphatic carbocycles. The first-order chi connectivity index (χ1) is 8.76. The minimum Gasteiger partial charge on any atom is -0.368 e. The molecule has 3 heteroatoms. The number of rotatable bonds is 7. The van der Waals surface area contributed by atoms with Gasteiger partial charge in [-0.05, 0) is 65.9 Å². The lowest BCUT2D eigenvalue weighted by Crippen LogP contribution is -2.27. The summed E-state index contributed by atoms with van der Waals surface area (Å²) in [5.74, 6) is 0. The summed E-state index contributed by atoms with van der Waals surface area (Å²) in [5.41, 5.74) is 8.28. The molecule has 2 rings (SSSR count). The number of nitrogens with zero attached hydrogens (tertiary/aromatic N) is 1. The van der Waals surface area contributed by atoms with E-state index in [0.29, 0.717) is 6.54 Å². The van der Waals surface area contributed by atoms with E-state index >= 15 is 0 Å². The first-order valence-electron chi connectivity index (χ1n) is 7.01. The zero-order valence-corrected chi connectivity index (χ0v) is 12.7. The van der Waals surface area contributed by atoms with Crippen LogP contribution in [0.1, 0.15) is 38.2 Å². The predicted molar refractivity (Wildman–Crippen MR) is 82.2 cm³/mol. The van der Waals surface area contributed by atoms with Gasteiger partial charge in [-0.15, -0.1) is 0 Å². The van der Waals surface area contributed by atoms with Crippen LogP contribution in [-0.2, 0) is 6.42 Å². The topological polar surface area (TPSA) is 29.3 Å². The summed E-state index contributed by atoms with van der Waals surface area (Å²) in [6.07, 6.45) is 6.18. The lowest BCUT2D eigenvalue weighted by molar-refractivity contribution is 0.712. The smallest absolute Gasteiger partial charge is 0.0513 e. The Morgan fingerprint density at radius 1 is 1.39 bits per heavy atom. The van der Waals surface area contributed by atoms with Gasteiger partial charge < -0.3 is 10.6 Å². The molecule has 2 N–H and O–H groups in total. The molecule has 0 heterocycles. The maximum Gasteiger partial charge on any atom is 0.0513 e. The van der Waals surface area contributed by atoms with Gasteiger partial charge in [-0.2, -0.15) is 0 Å². The van der Waals surface area contributed by atoms with Gasteiger partial charge in [0, 0.05) is 17.1 Å². The Morgan fingerprint density at radius 3 is 2.72 bits per heavy atom. The lowest BCUT2D eigenvalue weighted by atomic mass is 10.1. The summed E-state index contributed by atoms with van der Waals surface area (Å²) in [7, 11) is 0. The largest absolute Gasteiger partial charge is 0.368 e. The number of unbranched alkanes of at least 4 members (excludes halogenated alkanes) is 1. The van der Waals surface area contributed by atoms with E-state index in [1.807, 2.05) is 0 Å². The van der Waals surface area contributed by atoms with Gasteiger partial charge in [-0.3, -0.25) is 0 Å². The standard InChI is InChI=1S/C15H23BrN2/c1-2-3-10-18(13-5-6-13)15-7-4-12(8-9-17)11-14(15)16/h4,7,11,13H,2-3,5-6,8-10,17H2,1H3. The van der Waals surface area contributed by atoms with Crippen LogP contribution < -0.4 is 10.6 Å². The van der Waals surface area contributed by atoms with Gasteiger partial charge in [0.15, 0.2) is 0 Å². The maximum atomic E-state index is 5.61. The van der Waals surface area contributed by atoms with Crippen molar-refractivity contribution in [3.05, 3.63) is 28.2 Å². The van der Waals surface area contributed by atoms with Crippen molar-refractivity contribution in [3.63, 3.8) is 0 Å². The monoisotopic (exact) mass is 310 g/mol. The molecule has 100 valence electrons. The first-order valence-corrected chi connectivity index (χ1v) is 7.80. The van der Waals surface area contributed by atoms with Gasteiger partial charge in [-0.1, -0.05) is 19.4 Å². The molecule has 0 bridgehead atoms. The zero-order valence-electron chi connectivity index (χ0n) is 11.2. The summed E-state index contributed by atoms with van der Waals surface area (Å²) in [6.45, 7) is 4.15. The average Bonchev–Trinajstić information content (AvgIpc) is 3.17. The van der Waals surface area contributed by atoms with Crippen molar-refractivity contribution in [2.45, 2.75) is 45.1 Å². The molecule has 0 amide bonds. The van der Waals surface area contributed by atoms with Gasteiger partial charge >= 0.3 is 0 Å². The Labute approximate surface area is 119 Å². The second-order valence-corrected chi connectivity index (χ2v) is 5.96. The van der Waals surface area contributed by atoms with Crippen LogP contribution in [0.3, 0.4) is 0 Å². The number of benzene rings is 1. The van der Waals surface area contributed by atoms with Crippen LogP contribution in [0.15, 0.2) is 22.7 Å². The van der Waals surface area contributed by atoms with E-state index in [9.17, 15) is 0 Å². The summed E-state index contributed by atoms with van der Waals surface area (Å²) in [5, 5.41) is 0. The highest BCUT2D eigenvalue weighted by atomic mass is 79.9. The van der Waals surface area contributed by atoms with Gasteiger partial charge in [-0.25, -0.2) is 0 Å². The van der Waals surface area contributed by atoms with Crippen molar-refractivity contribution < 1.29 is 0 Å². The van der Waals surface area contributed by atoms with Crippen LogP contribution in [0.25, 0.3) is 0 Å². The molecule has 0 spiro atoms. The quantitative estimate of drug-likeness (QED) is 0.831. The van der Waals surface area contributed by atoms with Crippen LogP contribution in [-0.4, -0.2) is 19.1 Å². The Hall–Kier alpha value is -0.540. The molecule has 0 unspecified atom stereocenters. The Bertz CT molecular complexity index is 388. The predicted octanol–water partition coefficient (Wildman–Crippen LogP) is 3.72. The highest BCUT2D eigenvalue weighted by Gasteiger charge is 2.29. The minimum absolute atomic E-state index is 0.716. The van der Waals surface area contributed by atoms with Crippen molar-refractivity contribution in [1.82, 2.24) is 0 Å². The van der Waals surface area contributed by atoms with Crippen molar-refractivity contribution >= 4 is 21.6 Å². The summed E-state index contributed by atoms with van der Waals surface area (Å²) in [4.78, 5) is 2.57. The average molecular weight is 311 g/mol. The lowest BCUT2D eigenvalue weighted by Gasteiger charge is -2.26. The SMILES string of the molecule is CCCCN(c1ccc(CCN)cc1Br)C1CC1. The normalized spacial score (nSPS) is 14.8. The van der Waals surface area contributed by atoms with Gasteiger partial charge in [0.2, 0.25) is 0 Å². The van der Waals surface area contributed by atoms with Crippen LogP contribution in [0, 0.1) is 0 Å².